The molecule has 0 aromatic heterocycles. The number of Topliss-reactive ketones (excluding diaryl/α,β-unsaturated/α-hetero) is 1. The second-order valence-corrected chi connectivity index (χ2v) is 21.8. The maximum atomic E-state index is 12.7. The Kier molecular flexibility index (Phi) is 24.0. The number of hydrogen-bond acceptors (Lipinski definition) is 22. The molecule has 2 saturated carbocycles. The van der Waals surface area contributed by atoms with Gasteiger partial charge in [0, 0.05) is 11.8 Å². The van der Waals surface area contributed by atoms with Gasteiger partial charge >= 0.3 is 30.2 Å². The number of carbonyl (C=O) groups is 6. The first kappa shape index (κ1) is 64.0. The summed E-state index contributed by atoms with van der Waals surface area (Å²) in [6, 6.07) is 35.4. The zero-order valence-electron chi connectivity index (χ0n) is 47.8. The van der Waals surface area contributed by atoms with Gasteiger partial charge < -0.3 is 76.9 Å². The third kappa shape index (κ3) is 18.5. The number of ether oxygens (including phenoxy) is 13. The standard InChI is InChI=1S/C23H32O11.C15H18O3.C13H10O3.C6H10O4.C6H6O/c1-11-7-28-18-15(9-29-17(11)18)33-23(26)34-16-10-31-19-14(8-30-20(16)19)32-22(25)13-5-3-12(4-6-13)21(24)27-2;1-11(16)12-7-9-13(10-8-12)15(17)18-14-5-3-2-4-6-14;14-13(15-11-7-3-1-4-8-11)16-12-9-5-2-6-10-12;7-3-1-9-6-4(8)2-10-5(3)6;7-6-4-2-1-3-5-6/h11-20H,3-10H2,1-2H3;2-6,12-13H,7-10H2,1H3;1-10H;3-8H,1-2H2;1-5,7H. The molecular weight excluding hydrogens is 1110 g/mol. The molecule has 22 heteroatoms. The molecule has 0 spiro atoms. The van der Waals surface area contributed by atoms with E-state index in [0.29, 0.717) is 55.3 Å². The maximum Gasteiger partial charge on any atom is 0.519 e. The highest BCUT2D eigenvalue weighted by Gasteiger charge is 2.53. The smallest absolute Gasteiger partial charge is 0.508 e. The second-order valence-electron chi connectivity index (χ2n) is 21.8. The van der Waals surface area contributed by atoms with Crippen LogP contribution >= 0.6 is 0 Å². The first-order valence-electron chi connectivity index (χ1n) is 28.9. The maximum absolute atomic E-state index is 12.7. The number of fused-ring (bicyclic) bond motifs is 3. The lowest BCUT2D eigenvalue weighted by atomic mass is 9.80. The summed E-state index contributed by atoms with van der Waals surface area (Å²) in [6.07, 6.45) is -0.875. The van der Waals surface area contributed by atoms with Gasteiger partial charge in [0.2, 0.25) is 0 Å². The second kappa shape index (κ2) is 31.9. The number of rotatable bonds is 10. The van der Waals surface area contributed by atoms with Gasteiger partial charge in [-0.25, -0.2) is 9.59 Å². The third-order valence-corrected chi connectivity index (χ3v) is 15.8. The van der Waals surface area contributed by atoms with E-state index >= 15 is 0 Å². The van der Waals surface area contributed by atoms with Crippen molar-refractivity contribution >= 4 is 36.0 Å². The number of ketones is 1. The number of methoxy groups -OCH3 is 1. The van der Waals surface area contributed by atoms with Gasteiger partial charge in [-0.05, 0) is 107 Å². The quantitative estimate of drug-likeness (QED) is 0.0615. The first-order valence-corrected chi connectivity index (χ1v) is 28.9. The number of benzene rings is 4. The van der Waals surface area contributed by atoms with Crippen LogP contribution in [0.5, 0.6) is 23.0 Å². The summed E-state index contributed by atoms with van der Waals surface area (Å²) in [7, 11) is 1.38. The Morgan fingerprint density at radius 3 is 1.18 bits per heavy atom. The number of aromatic hydroxyl groups is 1. The molecule has 0 amide bonds. The lowest BCUT2D eigenvalue weighted by Crippen LogP contribution is -2.38. The van der Waals surface area contributed by atoms with E-state index in [4.69, 9.17) is 76.9 Å². The first-order chi connectivity index (χ1) is 41.1. The highest BCUT2D eigenvalue weighted by Crippen LogP contribution is 2.37. The predicted octanol–water partition coefficient (Wildman–Crippen LogP) is 7.15. The van der Waals surface area contributed by atoms with Crippen molar-refractivity contribution in [2.75, 3.05) is 46.8 Å². The van der Waals surface area contributed by atoms with Gasteiger partial charge in [0.1, 0.15) is 71.5 Å². The molecule has 0 radical (unpaired) electrons. The monoisotopic (exact) mass is 1180 g/mol. The largest absolute Gasteiger partial charge is 0.519 e. The summed E-state index contributed by atoms with van der Waals surface area (Å²) >= 11 is 0. The van der Waals surface area contributed by atoms with Crippen LogP contribution in [-0.2, 0) is 66.5 Å². The van der Waals surface area contributed by atoms with Crippen LogP contribution in [0.15, 0.2) is 121 Å². The van der Waals surface area contributed by atoms with Crippen molar-refractivity contribution in [3.05, 3.63) is 121 Å². The molecule has 8 fully saturated rings. The Morgan fingerprint density at radius 2 is 0.753 bits per heavy atom. The number of aliphatic hydroxyl groups is 2. The fourth-order valence-electron chi connectivity index (χ4n) is 11.1. The minimum Gasteiger partial charge on any atom is -0.508 e. The number of aliphatic hydroxyl groups excluding tert-OH is 2. The van der Waals surface area contributed by atoms with Crippen LogP contribution in [0.4, 0.5) is 9.59 Å². The van der Waals surface area contributed by atoms with Crippen molar-refractivity contribution in [2.24, 2.45) is 29.6 Å². The molecule has 6 saturated heterocycles. The number of phenols is 1. The molecule has 0 bridgehead atoms. The van der Waals surface area contributed by atoms with Crippen molar-refractivity contribution in [3.63, 3.8) is 0 Å². The minimum absolute atomic E-state index is 0.0548. The number of phenolic OH excluding ortho intramolecular Hbond substituents is 1. The molecule has 4 aromatic carbocycles. The fourth-order valence-corrected chi connectivity index (χ4v) is 11.1. The van der Waals surface area contributed by atoms with Crippen LogP contribution in [0.25, 0.3) is 0 Å². The topological polar surface area (TPSA) is 283 Å². The summed E-state index contributed by atoms with van der Waals surface area (Å²) < 4.78 is 69.7. The molecule has 12 rings (SSSR count). The van der Waals surface area contributed by atoms with Gasteiger partial charge in [-0.2, -0.15) is 0 Å². The average Bonchev–Trinajstić information content (AvgIpc) is 4.50. The molecule has 12 atom stereocenters. The van der Waals surface area contributed by atoms with Crippen LogP contribution in [-0.4, -0.2) is 165 Å². The van der Waals surface area contributed by atoms with E-state index in [2.05, 4.69) is 0 Å². The van der Waals surface area contributed by atoms with Gasteiger partial charge in [0.15, 0.2) is 18.3 Å². The van der Waals surface area contributed by atoms with Crippen molar-refractivity contribution in [1.29, 1.82) is 0 Å². The normalized spacial score (nSPS) is 31.0. The number of carbonyl (C=O) groups excluding carboxylic acids is 6. The van der Waals surface area contributed by atoms with Gasteiger partial charge in [-0.3, -0.25) is 19.2 Å². The van der Waals surface area contributed by atoms with E-state index in [1.165, 1.54) is 7.11 Å². The van der Waals surface area contributed by atoms with E-state index < -0.39 is 55.0 Å². The summed E-state index contributed by atoms with van der Waals surface area (Å²) in [5.74, 6) is 1.30. The fraction of sp³-hybridized carbons (Fsp3) is 0.524. The van der Waals surface area contributed by atoms with Crippen LogP contribution < -0.4 is 14.2 Å². The van der Waals surface area contributed by atoms with Crippen molar-refractivity contribution in [2.45, 2.75) is 132 Å². The molecule has 6 aliphatic heterocycles. The van der Waals surface area contributed by atoms with Crippen LogP contribution in [0, 0.1) is 29.6 Å². The molecule has 4 aromatic rings. The lowest BCUT2D eigenvalue weighted by molar-refractivity contribution is -0.161. The van der Waals surface area contributed by atoms with Crippen molar-refractivity contribution in [3.8, 4) is 23.0 Å². The molecule has 85 heavy (non-hydrogen) atoms. The Labute approximate surface area is 493 Å². The Bertz CT molecular complexity index is 2660. The van der Waals surface area contributed by atoms with Crippen LogP contribution in [0.1, 0.15) is 65.2 Å². The summed E-state index contributed by atoms with van der Waals surface area (Å²) in [4.78, 5) is 71.3. The van der Waals surface area contributed by atoms with Gasteiger partial charge in [-0.15, -0.1) is 0 Å². The summed E-state index contributed by atoms with van der Waals surface area (Å²) in [5.41, 5.74) is 0. The molecule has 3 N–H and O–H groups in total. The molecule has 460 valence electrons. The van der Waals surface area contributed by atoms with Crippen molar-refractivity contribution < 1.29 is 106 Å². The van der Waals surface area contributed by atoms with Crippen molar-refractivity contribution in [1.82, 2.24) is 0 Å². The van der Waals surface area contributed by atoms with E-state index in [0.717, 1.165) is 25.7 Å². The van der Waals surface area contributed by atoms with E-state index in [-0.39, 0.29) is 111 Å². The highest BCUT2D eigenvalue weighted by atomic mass is 16.8. The zero-order chi connectivity index (χ0) is 60.2. The minimum atomic E-state index is -0.821. The van der Waals surface area contributed by atoms with Gasteiger partial charge in [0.05, 0.1) is 70.6 Å². The average molecular weight is 1190 g/mol. The number of esters is 3. The number of hydrogen-bond donors (Lipinski definition) is 3. The van der Waals surface area contributed by atoms with Gasteiger partial charge in [-0.1, -0.05) is 79.7 Å². The van der Waals surface area contributed by atoms with E-state index in [1.54, 1.807) is 91.9 Å². The molecule has 8 aliphatic rings. The lowest BCUT2D eigenvalue weighted by Gasteiger charge is -2.27. The van der Waals surface area contributed by atoms with Crippen LogP contribution in [0.3, 0.4) is 0 Å². The van der Waals surface area contributed by atoms with Gasteiger partial charge in [0.25, 0.3) is 0 Å². The zero-order valence-corrected chi connectivity index (χ0v) is 47.8. The molecule has 12 unspecified atom stereocenters. The summed E-state index contributed by atoms with van der Waals surface area (Å²) in [6.45, 7) is 5.38. The predicted molar refractivity (Wildman–Crippen MR) is 298 cm³/mol. The van der Waals surface area contributed by atoms with E-state index in [9.17, 15) is 28.8 Å². The third-order valence-electron chi connectivity index (χ3n) is 15.8. The Hall–Kier alpha value is -7.02. The molecule has 22 nitrogen and oxygen atoms in total. The number of para-hydroxylation sites is 4. The molecule has 6 heterocycles. The summed E-state index contributed by atoms with van der Waals surface area (Å²) in [5, 5.41) is 26.9. The Morgan fingerprint density at radius 1 is 0.400 bits per heavy atom. The van der Waals surface area contributed by atoms with Crippen LogP contribution in [0.2, 0.25) is 0 Å². The SMILES string of the molecule is CC(=O)C1CCC(C(=O)Oc2ccccc2)CC1.COC(=O)C1CCC(C(=O)OC2COC3C(OC(=O)OC4COC5C(C)COC45)COC23)CC1.O=C(Oc1ccccc1)Oc1ccccc1.OC1COC2C(O)COC12.Oc1ccccc1. The molecular formula is C63H76O22. The van der Waals surface area contributed by atoms with E-state index in [1.807, 2.05) is 43.3 Å². The highest BCUT2D eigenvalue weighted by molar-refractivity contribution is 5.79. The Balaban J connectivity index is 0.000000155. The molecule has 2 aliphatic carbocycles.